The fourth-order valence-electron chi connectivity index (χ4n) is 6.49. The van der Waals surface area contributed by atoms with Gasteiger partial charge in [0.05, 0.1) is 26.2 Å². The molecule has 7 nitrogen and oxygen atoms in total. The molecule has 1 atom stereocenters. The maximum atomic E-state index is 12.2. The van der Waals surface area contributed by atoms with Gasteiger partial charge in [-0.1, -0.05) is 56.7 Å². The number of esters is 2. The first-order chi connectivity index (χ1) is 22.4. The minimum Gasteiger partial charge on any atom is -0.493 e. The summed E-state index contributed by atoms with van der Waals surface area (Å²) in [5, 5.41) is 0. The fourth-order valence-corrected chi connectivity index (χ4v) is 6.49. The van der Waals surface area contributed by atoms with E-state index in [1.54, 1.807) is 6.92 Å². The van der Waals surface area contributed by atoms with Gasteiger partial charge in [0, 0.05) is 24.2 Å². The van der Waals surface area contributed by atoms with E-state index in [1.807, 2.05) is 12.1 Å². The van der Waals surface area contributed by atoms with E-state index in [9.17, 15) is 9.59 Å². The first-order valence-corrected chi connectivity index (χ1v) is 17.1. The first-order valence-electron chi connectivity index (χ1n) is 17.1. The van der Waals surface area contributed by atoms with Crippen molar-refractivity contribution < 1.29 is 33.3 Å². The van der Waals surface area contributed by atoms with Crippen molar-refractivity contribution >= 4 is 11.9 Å². The lowest BCUT2D eigenvalue weighted by Crippen LogP contribution is -2.14. The van der Waals surface area contributed by atoms with E-state index in [1.165, 1.54) is 55.2 Å². The molecule has 0 N–H and O–H groups in total. The van der Waals surface area contributed by atoms with Gasteiger partial charge in [0.1, 0.15) is 25.1 Å². The average molecular weight is 631 g/mol. The highest BCUT2D eigenvalue weighted by Crippen LogP contribution is 2.39. The summed E-state index contributed by atoms with van der Waals surface area (Å²) in [5.41, 5.74) is 7.28. The second-order valence-electron chi connectivity index (χ2n) is 13.0. The van der Waals surface area contributed by atoms with Gasteiger partial charge in [0.25, 0.3) is 0 Å². The summed E-state index contributed by atoms with van der Waals surface area (Å²) in [6.45, 7) is 10.9. The van der Waals surface area contributed by atoms with Crippen LogP contribution in [0.1, 0.15) is 94.2 Å². The molecular weight excluding hydrogens is 580 g/mol. The van der Waals surface area contributed by atoms with Crippen LogP contribution in [0.5, 0.6) is 5.75 Å². The summed E-state index contributed by atoms with van der Waals surface area (Å²) in [6.07, 6.45) is 13.0. The zero-order chi connectivity index (χ0) is 32.3. The molecule has 1 saturated carbocycles. The van der Waals surface area contributed by atoms with Crippen molar-refractivity contribution in [2.24, 2.45) is 5.92 Å². The maximum absolute atomic E-state index is 12.2. The molecule has 2 fully saturated rings. The van der Waals surface area contributed by atoms with E-state index in [0.29, 0.717) is 49.4 Å². The van der Waals surface area contributed by atoms with Crippen molar-refractivity contribution in [2.45, 2.75) is 96.7 Å². The number of cyclic esters (lactones) is 1. The van der Waals surface area contributed by atoms with Crippen LogP contribution in [0.25, 0.3) is 11.1 Å². The van der Waals surface area contributed by atoms with Gasteiger partial charge >= 0.3 is 11.9 Å². The van der Waals surface area contributed by atoms with Gasteiger partial charge in [-0.2, -0.15) is 0 Å². The zero-order valence-corrected chi connectivity index (χ0v) is 27.7. The smallest absolute Gasteiger partial charge is 0.333 e. The third-order valence-corrected chi connectivity index (χ3v) is 9.42. The average Bonchev–Trinajstić information content (AvgIpc) is 3.91. The Labute approximate surface area is 274 Å². The van der Waals surface area contributed by atoms with Crippen molar-refractivity contribution in [2.75, 3.05) is 33.0 Å². The zero-order valence-electron chi connectivity index (χ0n) is 27.7. The molecule has 248 valence electrons. The van der Waals surface area contributed by atoms with Crippen LogP contribution < -0.4 is 4.74 Å². The molecule has 1 unspecified atom stereocenters. The van der Waals surface area contributed by atoms with Gasteiger partial charge in [0.15, 0.2) is 0 Å². The van der Waals surface area contributed by atoms with E-state index in [4.69, 9.17) is 23.7 Å². The summed E-state index contributed by atoms with van der Waals surface area (Å²) in [7, 11) is 0. The Morgan fingerprint density at radius 1 is 1.02 bits per heavy atom. The van der Waals surface area contributed by atoms with Gasteiger partial charge in [-0.15, -0.1) is 0 Å². The fraction of sp³-hybridized carbons (Fsp3) is 0.538. The van der Waals surface area contributed by atoms with Crippen LogP contribution in [-0.4, -0.2) is 51.1 Å². The maximum Gasteiger partial charge on any atom is 0.333 e. The van der Waals surface area contributed by atoms with E-state index < -0.39 is 5.97 Å². The molecule has 3 aliphatic rings. The molecule has 0 spiro atoms. The molecule has 0 radical (unpaired) electrons. The normalized spacial score (nSPS) is 20.9. The number of rotatable bonds is 17. The molecule has 0 bridgehead atoms. The minimum absolute atomic E-state index is 0.0976. The van der Waals surface area contributed by atoms with Crippen molar-refractivity contribution in [3.8, 4) is 16.9 Å². The van der Waals surface area contributed by atoms with Gasteiger partial charge in [-0.05, 0) is 97.2 Å². The van der Waals surface area contributed by atoms with Crippen LogP contribution in [-0.2, 0) is 41.6 Å². The van der Waals surface area contributed by atoms with Gasteiger partial charge in [-0.25, -0.2) is 4.79 Å². The largest absolute Gasteiger partial charge is 0.493 e. The van der Waals surface area contributed by atoms with Crippen molar-refractivity contribution in [3.05, 3.63) is 76.9 Å². The monoisotopic (exact) mass is 630 g/mol. The number of epoxide rings is 1. The number of ether oxygens (including phenoxy) is 5. The van der Waals surface area contributed by atoms with Crippen LogP contribution in [0.4, 0.5) is 0 Å². The number of benzene rings is 2. The summed E-state index contributed by atoms with van der Waals surface area (Å²) >= 11 is 0. The molecule has 2 heterocycles. The molecule has 0 aromatic heterocycles. The molecule has 1 saturated heterocycles. The molecule has 1 aliphatic carbocycles. The second-order valence-corrected chi connectivity index (χ2v) is 13.0. The predicted octanol–water partition coefficient (Wildman–Crippen LogP) is 8.04. The van der Waals surface area contributed by atoms with Gasteiger partial charge < -0.3 is 23.7 Å². The van der Waals surface area contributed by atoms with E-state index in [-0.39, 0.29) is 12.6 Å². The Hall–Kier alpha value is -3.42. The Bertz CT molecular complexity index is 1380. The number of aryl methyl sites for hydroxylation is 1. The van der Waals surface area contributed by atoms with Crippen LogP contribution in [0.15, 0.2) is 60.2 Å². The molecule has 2 aliphatic heterocycles. The molecule has 2 aromatic rings. The Morgan fingerprint density at radius 3 is 2.57 bits per heavy atom. The quantitative estimate of drug-likeness (QED) is 0.0575. The third-order valence-electron chi connectivity index (χ3n) is 9.42. The van der Waals surface area contributed by atoms with E-state index >= 15 is 0 Å². The summed E-state index contributed by atoms with van der Waals surface area (Å²) in [6, 6.07) is 13.1. The summed E-state index contributed by atoms with van der Waals surface area (Å²) in [4.78, 5) is 23.6. The summed E-state index contributed by atoms with van der Waals surface area (Å²) < 4.78 is 27.7. The van der Waals surface area contributed by atoms with Crippen molar-refractivity contribution in [3.63, 3.8) is 0 Å². The third kappa shape index (κ3) is 10.0. The van der Waals surface area contributed by atoms with Crippen LogP contribution in [0.2, 0.25) is 0 Å². The SMILES string of the molecule is C=C(C)C(=O)OCc1cc(-c2ccc(C3CCC(CCCCOCC4CO4)CC3)cc2CC)ccc1OCCC1=CCC(=O)OC1. The van der Waals surface area contributed by atoms with Crippen LogP contribution >= 0.6 is 0 Å². The standard InChI is InChI=1S/C39H50O7/c1-4-30-21-32(31-11-8-28(9-12-31)7-5-6-19-42-25-35-26-44-35)13-15-36(30)33-14-16-37(34(22-33)24-46-39(41)27(2)3)43-20-18-29-10-17-38(40)45-23-29/h10,13-16,21-22,28,31,35H,2,4-9,11-12,17-20,23-26H2,1,3H3. The molecule has 5 rings (SSSR count). The number of carbonyl (C=O) groups is 2. The molecule has 7 heteroatoms. The van der Waals surface area contributed by atoms with E-state index in [2.05, 4.69) is 43.8 Å². The van der Waals surface area contributed by atoms with Gasteiger partial charge in [0.2, 0.25) is 0 Å². The molecule has 46 heavy (non-hydrogen) atoms. The van der Waals surface area contributed by atoms with Gasteiger partial charge in [-0.3, -0.25) is 4.79 Å². The number of unbranched alkanes of at least 4 members (excludes halogenated alkanes) is 1. The predicted molar refractivity (Wildman–Crippen MR) is 179 cm³/mol. The topological polar surface area (TPSA) is 83.6 Å². The second kappa shape index (κ2) is 16.9. The molecular formula is C39H50O7. The highest BCUT2D eigenvalue weighted by atomic mass is 16.6. The minimum atomic E-state index is -0.424. The number of carbonyl (C=O) groups excluding carboxylic acids is 2. The lowest BCUT2D eigenvalue weighted by atomic mass is 9.76. The molecule has 2 aromatic carbocycles. The Morgan fingerprint density at radius 2 is 1.85 bits per heavy atom. The Balaban J connectivity index is 1.19. The van der Waals surface area contributed by atoms with Crippen LogP contribution in [0, 0.1) is 5.92 Å². The van der Waals surface area contributed by atoms with Crippen LogP contribution in [0.3, 0.4) is 0 Å². The highest BCUT2D eigenvalue weighted by molar-refractivity contribution is 5.87. The van der Waals surface area contributed by atoms with E-state index in [0.717, 1.165) is 55.3 Å². The number of hydrogen-bond acceptors (Lipinski definition) is 7. The lowest BCUT2D eigenvalue weighted by molar-refractivity contribution is -0.142. The van der Waals surface area contributed by atoms with Crippen molar-refractivity contribution in [1.29, 1.82) is 0 Å². The number of hydrogen-bond donors (Lipinski definition) is 0. The highest BCUT2D eigenvalue weighted by Gasteiger charge is 2.24. The molecule has 0 amide bonds. The lowest BCUT2D eigenvalue weighted by Gasteiger charge is -2.29. The summed E-state index contributed by atoms with van der Waals surface area (Å²) in [5.74, 6) is 1.51. The van der Waals surface area contributed by atoms with Crippen molar-refractivity contribution in [1.82, 2.24) is 0 Å². The Kier molecular flexibility index (Phi) is 12.5. The first kappa shape index (κ1) is 33.9.